The predicted octanol–water partition coefficient (Wildman–Crippen LogP) is 3.50. The van der Waals surface area contributed by atoms with Gasteiger partial charge in [0, 0.05) is 12.6 Å². The number of amidine groups is 1. The summed E-state index contributed by atoms with van der Waals surface area (Å²) in [6.07, 6.45) is 1.72. The van der Waals surface area contributed by atoms with Crippen LogP contribution in [0.5, 0.6) is 5.75 Å². The highest BCUT2D eigenvalue weighted by Crippen LogP contribution is 2.34. The number of aliphatic imine (C=N–C) groups is 1. The summed E-state index contributed by atoms with van der Waals surface area (Å²) in [6, 6.07) is 14.0. The Morgan fingerprint density at radius 2 is 1.88 bits per heavy atom. The third-order valence-electron chi connectivity index (χ3n) is 3.82. The zero-order chi connectivity index (χ0) is 18.7. The Kier molecular flexibility index (Phi) is 5.09. The second-order valence-electron chi connectivity index (χ2n) is 5.43. The smallest absolute Gasteiger partial charge is 0.337 e. The number of carboxylic acids is 1. The molecule has 7 heteroatoms. The minimum absolute atomic E-state index is 0.146. The van der Waals surface area contributed by atoms with Gasteiger partial charge in [0.2, 0.25) is 0 Å². The molecule has 132 valence electrons. The van der Waals surface area contributed by atoms with Crippen molar-refractivity contribution in [1.29, 1.82) is 0 Å². The van der Waals surface area contributed by atoms with Gasteiger partial charge in [-0.15, -0.1) is 0 Å². The molecule has 1 aliphatic heterocycles. The van der Waals surface area contributed by atoms with E-state index in [2.05, 4.69) is 4.99 Å². The monoisotopic (exact) mass is 368 g/mol. The van der Waals surface area contributed by atoms with Crippen molar-refractivity contribution < 1.29 is 19.4 Å². The number of methoxy groups -OCH3 is 1. The van der Waals surface area contributed by atoms with Crippen molar-refractivity contribution in [3.8, 4) is 5.75 Å². The first-order chi connectivity index (χ1) is 12.5. The van der Waals surface area contributed by atoms with Gasteiger partial charge in [0.05, 0.1) is 23.3 Å². The van der Waals surface area contributed by atoms with Gasteiger partial charge in [-0.1, -0.05) is 30.3 Å². The molecular formula is C19H16N2O4S. The largest absolute Gasteiger partial charge is 0.496 e. The molecule has 0 saturated heterocycles. The summed E-state index contributed by atoms with van der Waals surface area (Å²) in [5.41, 5.74) is 1.39. The molecule has 0 fully saturated rings. The van der Waals surface area contributed by atoms with Crippen LogP contribution in [0.4, 0.5) is 5.69 Å². The number of anilines is 1. The highest BCUT2D eigenvalue weighted by molar-refractivity contribution is 8.18. The SMILES string of the molecule is COc1ccccc1/C=C1\SC(N(C)c2ccccc2C(=O)O)=NC1=O. The standard InChI is InChI=1S/C19H16N2O4S/c1-21(14-9-5-4-8-13(14)18(23)24)19-20-17(22)16(26-19)11-12-7-3-6-10-15(12)25-2/h3-11H,1-2H3,(H,23,24)/b16-11-. The number of amides is 1. The van der Waals surface area contributed by atoms with Gasteiger partial charge in [-0.2, -0.15) is 4.99 Å². The molecule has 0 radical (unpaired) electrons. The lowest BCUT2D eigenvalue weighted by Crippen LogP contribution is -2.24. The van der Waals surface area contributed by atoms with Crippen LogP contribution in [0.25, 0.3) is 6.08 Å². The fourth-order valence-corrected chi connectivity index (χ4v) is 3.40. The van der Waals surface area contributed by atoms with E-state index in [-0.39, 0.29) is 11.5 Å². The molecule has 0 spiro atoms. The van der Waals surface area contributed by atoms with Crippen LogP contribution in [0.1, 0.15) is 15.9 Å². The summed E-state index contributed by atoms with van der Waals surface area (Å²) in [7, 11) is 3.26. The fourth-order valence-electron chi connectivity index (χ4n) is 2.52. The summed E-state index contributed by atoms with van der Waals surface area (Å²) in [5.74, 6) is -0.742. The van der Waals surface area contributed by atoms with E-state index >= 15 is 0 Å². The first-order valence-electron chi connectivity index (χ1n) is 7.73. The number of carbonyl (C=O) groups is 2. The average molecular weight is 368 g/mol. The third kappa shape index (κ3) is 3.48. The normalized spacial score (nSPS) is 15.1. The Bertz CT molecular complexity index is 937. The van der Waals surface area contributed by atoms with Crippen molar-refractivity contribution in [3.05, 3.63) is 64.6 Å². The van der Waals surface area contributed by atoms with Gasteiger partial charge in [-0.05, 0) is 36.0 Å². The summed E-state index contributed by atoms with van der Waals surface area (Å²) in [6.45, 7) is 0. The Morgan fingerprint density at radius 3 is 2.62 bits per heavy atom. The van der Waals surface area contributed by atoms with Crippen molar-refractivity contribution in [1.82, 2.24) is 0 Å². The lowest BCUT2D eigenvalue weighted by Gasteiger charge is -2.19. The Labute approximate surface area is 154 Å². The summed E-state index contributed by atoms with van der Waals surface area (Å²) >= 11 is 1.20. The van der Waals surface area contributed by atoms with E-state index in [0.29, 0.717) is 21.5 Å². The van der Waals surface area contributed by atoms with Gasteiger partial charge in [-0.25, -0.2) is 4.79 Å². The van der Waals surface area contributed by atoms with Crippen molar-refractivity contribution in [2.45, 2.75) is 0 Å². The highest BCUT2D eigenvalue weighted by Gasteiger charge is 2.27. The molecule has 1 N–H and O–H groups in total. The average Bonchev–Trinajstić information content (AvgIpc) is 3.02. The number of hydrogen-bond acceptors (Lipinski definition) is 5. The minimum Gasteiger partial charge on any atom is -0.496 e. The lowest BCUT2D eigenvalue weighted by molar-refractivity contribution is -0.113. The molecule has 0 saturated carbocycles. The van der Waals surface area contributed by atoms with Crippen LogP contribution in [-0.2, 0) is 4.79 Å². The molecule has 2 aromatic carbocycles. The number of carboxylic acid groups (broad SMARTS) is 1. The van der Waals surface area contributed by atoms with Gasteiger partial charge in [0.15, 0.2) is 5.17 Å². The Morgan fingerprint density at radius 1 is 1.19 bits per heavy atom. The number of rotatable bonds is 4. The molecule has 0 unspecified atom stereocenters. The lowest BCUT2D eigenvalue weighted by atomic mass is 10.1. The Balaban J connectivity index is 1.89. The second-order valence-corrected chi connectivity index (χ2v) is 6.44. The maximum absolute atomic E-state index is 12.3. The van der Waals surface area contributed by atoms with E-state index in [1.807, 2.05) is 24.3 Å². The molecule has 1 heterocycles. The predicted molar refractivity (Wildman–Crippen MR) is 103 cm³/mol. The van der Waals surface area contributed by atoms with Gasteiger partial charge < -0.3 is 14.7 Å². The number of hydrogen-bond donors (Lipinski definition) is 1. The second kappa shape index (κ2) is 7.45. The molecular weight excluding hydrogens is 352 g/mol. The molecule has 0 bridgehead atoms. The zero-order valence-electron chi connectivity index (χ0n) is 14.2. The van der Waals surface area contributed by atoms with E-state index in [0.717, 1.165) is 5.56 Å². The van der Waals surface area contributed by atoms with Crippen LogP contribution in [0, 0.1) is 0 Å². The number of ether oxygens (including phenoxy) is 1. The summed E-state index contributed by atoms with van der Waals surface area (Å²) in [4.78, 5) is 29.8. The molecule has 3 rings (SSSR count). The van der Waals surface area contributed by atoms with Gasteiger partial charge in [0.25, 0.3) is 5.91 Å². The van der Waals surface area contributed by atoms with Crippen LogP contribution < -0.4 is 9.64 Å². The van der Waals surface area contributed by atoms with E-state index in [1.165, 1.54) is 17.8 Å². The van der Waals surface area contributed by atoms with Crippen LogP contribution in [0.15, 0.2) is 58.4 Å². The molecule has 0 aromatic heterocycles. The van der Waals surface area contributed by atoms with Crippen molar-refractivity contribution in [3.63, 3.8) is 0 Å². The number of nitrogens with zero attached hydrogens (tertiary/aromatic N) is 2. The maximum atomic E-state index is 12.3. The van der Waals surface area contributed by atoms with Crippen LogP contribution in [-0.4, -0.2) is 36.3 Å². The fraction of sp³-hybridized carbons (Fsp3) is 0.105. The Hall–Kier alpha value is -3.06. The van der Waals surface area contributed by atoms with E-state index in [1.54, 1.807) is 43.3 Å². The molecule has 26 heavy (non-hydrogen) atoms. The zero-order valence-corrected chi connectivity index (χ0v) is 15.0. The first-order valence-corrected chi connectivity index (χ1v) is 8.54. The third-order valence-corrected chi connectivity index (χ3v) is 4.88. The van der Waals surface area contributed by atoms with E-state index < -0.39 is 5.97 Å². The number of carbonyl (C=O) groups excluding carboxylic acids is 1. The topological polar surface area (TPSA) is 79.2 Å². The minimum atomic E-state index is -1.04. The molecule has 6 nitrogen and oxygen atoms in total. The molecule has 0 aliphatic carbocycles. The van der Waals surface area contributed by atoms with Crippen molar-refractivity contribution >= 4 is 40.6 Å². The molecule has 1 aliphatic rings. The molecule has 2 aromatic rings. The molecule has 0 atom stereocenters. The van der Waals surface area contributed by atoms with Gasteiger partial charge in [-0.3, -0.25) is 4.79 Å². The summed E-state index contributed by atoms with van der Waals surface area (Å²) in [5, 5.41) is 9.77. The maximum Gasteiger partial charge on any atom is 0.337 e. The van der Waals surface area contributed by atoms with Gasteiger partial charge >= 0.3 is 5.97 Å². The number of para-hydroxylation sites is 2. The first kappa shape index (κ1) is 17.8. The van der Waals surface area contributed by atoms with E-state index in [4.69, 9.17) is 4.74 Å². The van der Waals surface area contributed by atoms with Crippen LogP contribution in [0.3, 0.4) is 0 Å². The number of benzene rings is 2. The van der Waals surface area contributed by atoms with E-state index in [9.17, 15) is 14.7 Å². The molecule has 1 amide bonds. The van der Waals surface area contributed by atoms with Gasteiger partial charge in [0.1, 0.15) is 5.75 Å². The van der Waals surface area contributed by atoms with Crippen molar-refractivity contribution in [2.75, 3.05) is 19.1 Å². The van der Waals surface area contributed by atoms with Crippen molar-refractivity contribution in [2.24, 2.45) is 4.99 Å². The number of thioether (sulfide) groups is 1. The summed E-state index contributed by atoms with van der Waals surface area (Å²) < 4.78 is 5.30. The van der Waals surface area contributed by atoms with Crippen LogP contribution >= 0.6 is 11.8 Å². The quantitative estimate of drug-likeness (QED) is 0.832. The number of aromatic carboxylic acids is 1. The highest BCUT2D eigenvalue weighted by atomic mass is 32.2. The van der Waals surface area contributed by atoms with Crippen LogP contribution in [0.2, 0.25) is 0 Å².